The minimum atomic E-state index is -3.46. The standard InChI is InChI=1S/C15H21N5O2S/c1-11-6-12(2)9-19(8-11)23(21,22)14-4-5-15(13(3)7-14)20-10-16-17-18-20/h4-5,7,10-12H,6,8-9H2,1-3H3/t11-,12-/m1/s1. The van der Waals surface area contributed by atoms with E-state index in [1.54, 1.807) is 22.5 Å². The summed E-state index contributed by atoms with van der Waals surface area (Å²) in [6.07, 6.45) is 2.56. The van der Waals surface area contributed by atoms with Crippen LogP contribution in [0.25, 0.3) is 5.69 Å². The second-order valence-electron chi connectivity index (χ2n) is 6.47. The second kappa shape index (κ2) is 6.01. The molecule has 7 nitrogen and oxygen atoms in total. The third-order valence-corrected chi connectivity index (χ3v) is 6.06. The lowest BCUT2D eigenvalue weighted by Gasteiger charge is -2.34. The highest BCUT2D eigenvalue weighted by Crippen LogP contribution is 2.27. The summed E-state index contributed by atoms with van der Waals surface area (Å²) in [5.74, 6) is 0.769. The molecule has 0 N–H and O–H groups in total. The van der Waals surface area contributed by atoms with Crippen molar-refractivity contribution in [2.75, 3.05) is 13.1 Å². The van der Waals surface area contributed by atoms with Gasteiger partial charge in [0, 0.05) is 13.1 Å². The van der Waals surface area contributed by atoms with Crippen LogP contribution in [0.15, 0.2) is 29.4 Å². The molecule has 1 aromatic carbocycles. The molecule has 0 bridgehead atoms. The smallest absolute Gasteiger partial charge is 0.207 e. The molecule has 0 spiro atoms. The number of rotatable bonds is 3. The van der Waals surface area contributed by atoms with Gasteiger partial charge in [-0.2, -0.15) is 4.31 Å². The molecule has 23 heavy (non-hydrogen) atoms. The Morgan fingerprint density at radius 3 is 2.43 bits per heavy atom. The van der Waals surface area contributed by atoms with E-state index in [0.717, 1.165) is 17.7 Å². The van der Waals surface area contributed by atoms with Crippen molar-refractivity contribution in [2.45, 2.75) is 32.1 Å². The first kappa shape index (κ1) is 16.1. The van der Waals surface area contributed by atoms with E-state index in [4.69, 9.17) is 0 Å². The molecule has 0 radical (unpaired) electrons. The molecule has 1 fully saturated rings. The third-order valence-electron chi connectivity index (χ3n) is 4.24. The fraction of sp³-hybridized carbons (Fsp3) is 0.533. The topological polar surface area (TPSA) is 81.0 Å². The van der Waals surface area contributed by atoms with Crippen LogP contribution in [0.4, 0.5) is 0 Å². The zero-order valence-corrected chi connectivity index (χ0v) is 14.4. The minimum absolute atomic E-state index is 0.327. The van der Waals surface area contributed by atoms with Gasteiger partial charge in [-0.25, -0.2) is 13.1 Å². The van der Waals surface area contributed by atoms with Crippen molar-refractivity contribution in [1.29, 1.82) is 0 Å². The predicted octanol–water partition coefficient (Wildman–Crippen LogP) is 1.64. The Morgan fingerprint density at radius 1 is 1.17 bits per heavy atom. The van der Waals surface area contributed by atoms with Gasteiger partial charge >= 0.3 is 0 Å². The fourth-order valence-electron chi connectivity index (χ4n) is 3.27. The third kappa shape index (κ3) is 3.13. The Hall–Kier alpha value is -1.80. The molecule has 1 saturated heterocycles. The first-order chi connectivity index (χ1) is 10.9. The summed E-state index contributed by atoms with van der Waals surface area (Å²) in [6.45, 7) is 7.23. The highest BCUT2D eigenvalue weighted by molar-refractivity contribution is 7.89. The summed E-state index contributed by atoms with van der Waals surface area (Å²) in [7, 11) is -3.46. The summed E-state index contributed by atoms with van der Waals surface area (Å²) >= 11 is 0. The molecule has 1 aliphatic rings. The van der Waals surface area contributed by atoms with Crippen LogP contribution in [-0.4, -0.2) is 46.0 Å². The number of aryl methyl sites for hydroxylation is 1. The van der Waals surface area contributed by atoms with Crippen LogP contribution in [-0.2, 0) is 10.0 Å². The molecular weight excluding hydrogens is 314 g/mol. The molecule has 2 heterocycles. The number of nitrogens with zero attached hydrogens (tertiary/aromatic N) is 5. The normalized spacial score (nSPS) is 23.1. The Labute approximate surface area is 136 Å². The van der Waals surface area contributed by atoms with Crippen LogP contribution in [0.1, 0.15) is 25.8 Å². The van der Waals surface area contributed by atoms with Crippen LogP contribution in [0.2, 0.25) is 0 Å². The molecule has 8 heteroatoms. The summed E-state index contributed by atoms with van der Waals surface area (Å²) in [4.78, 5) is 0.327. The Kier molecular flexibility index (Phi) is 4.20. The van der Waals surface area contributed by atoms with Gasteiger partial charge in [0.25, 0.3) is 0 Å². The average Bonchev–Trinajstić information content (AvgIpc) is 3.00. The Bertz CT molecular complexity index is 778. The second-order valence-corrected chi connectivity index (χ2v) is 8.41. The van der Waals surface area contributed by atoms with Crippen LogP contribution in [0, 0.1) is 18.8 Å². The van der Waals surface area contributed by atoms with Crippen molar-refractivity contribution in [3.05, 3.63) is 30.1 Å². The highest BCUT2D eigenvalue weighted by Gasteiger charge is 2.31. The van der Waals surface area contributed by atoms with Crippen LogP contribution in [0.3, 0.4) is 0 Å². The quantitative estimate of drug-likeness (QED) is 0.852. The fourth-order valence-corrected chi connectivity index (χ4v) is 5.03. The summed E-state index contributed by atoms with van der Waals surface area (Å²) in [6, 6.07) is 5.06. The molecule has 1 aromatic heterocycles. The van der Waals surface area contributed by atoms with E-state index in [-0.39, 0.29) is 0 Å². The van der Waals surface area contributed by atoms with Gasteiger partial charge < -0.3 is 0 Å². The summed E-state index contributed by atoms with van der Waals surface area (Å²) in [5, 5.41) is 11.1. The lowest BCUT2D eigenvalue weighted by atomic mass is 9.94. The minimum Gasteiger partial charge on any atom is -0.207 e. The SMILES string of the molecule is Cc1cc(S(=O)(=O)N2C[C@H](C)C[C@@H](C)C2)ccc1-n1cnnn1. The van der Waals surface area contributed by atoms with Crippen LogP contribution in [0.5, 0.6) is 0 Å². The number of hydrogen-bond acceptors (Lipinski definition) is 5. The van der Waals surface area contributed by atoms with Gasteiger partial charge in [0.05, 0.1) is 10.6 Å². The Morgan fingerprint density at radius 2 is 1.87 bits per heavy atom. The van der Waals surface area contributed by atoms with Crippen molar-refractivity contribution in [3.8, 4) is 5.69 Å². The first-order valence-electron chi connectivity index (χ1n) is 7.72. The van der Waals surface area contributed by atoms with Crippen molar-refractivity contribution in [1.82, 2.24) is 24.5 Å². The van der Waals surface area contributed by atoms with E-state index in [2.05, 4.69) is 29.4 Å². The molecule has 0 unspecified atom stereocenters. The van der Waals surface area contributed by atoms with Gasteiger partial charge in [-0.1, -0.05) is 13.8 Å². The molecule has 0 amide bonds. The molecular formula is C15H21N5O2S. The maximum atomic E-state index is 12.9. The van der Waals surface area contributed by atoms with Crippen molar-refractivity contribution in [2.24, 2.45) is 11.8 Å². The lowest BCUT2D eigenvalue weighted by molar-refractivity contribution is 0.222. The van der Waals surface area contributed by atoms with E-state index >= 15 is 0 Å². The van der Waals surface area contributed by atoms with Gasteiger partial charge in [-0.15, -0.1) is 5.10 Å². The molecule has 1 aliphatic heterocycles. The van der Waals surface area contributed by atoms with Crippen LogP contribution >= 0.6 is 0 Å². The van der Waals surface area contributed by atoms with Crippen molar-refractivity contribution >= 4 is 10.0 Å². The largest absolute Gasteiger partial charge is 0.243 e. The number of sulfonamides is 1. The lowest BCUT2D eigenvalue weighted by Crippen LogP contribution is -2.42. The molecule has 2 atom stereocenters. The van der Waals surface area contributed by atoms with Gasteiger partial charge in [-0.05, 0) is 59.4 Å². The number of hydrogen-bond donors (Lipinski definition) is 0. The average molecular weight is 335 g/mol. The summed E-state index contributed by atoms with van der Waals surface area (Å²) in [5.41, 5.74) is 1.59. The zero-order valence-electron chi connectivity index (χ0n) is 13.5. The van der Waals surface area contributed by atoms with Gasteiger partial charge in [0.2, 0.25) is 10.0 Å². The first-order valence-corrected chi connectivity index (χ1v) is 9.16. The maximum absolute atomic E-state index is 12.9. The van der Waals surface area contributed by atoms with Gasteiger partial charge in [-0.3, -0.25) is 0 Å². The molecule has 0 aliphatic carbocycles. The van der Waals surface area contributed by atoms with Crippen molar-refractivity contribution < 1.29 is 8.42 Å². The summed E-state index contributed by atoms with van der Waals surface area (Å²) < 4.78 is 28.9. The maximum Gasteiger partial charge on any atom is 0.243 e. The number of tetrazole rings is 1. The molecule has 124 valence electrons. The van der Waals surface area contributed by atoms with Gasteiger partial charge in [0.15, 0.2) is 0 Å². The van der Waals surface area contributed by atoms with E-state index in [9.17, 15) is 8.42 Å². The number of benzene rings is 1. The van der Waals surface area contributed by atoms with Crippen LogP contribution < -0.4 is 0 Å². The van der Waals surface area contributed by atoms with E-state index < -0.39 is 10.0 Å². The van der Waals surface area contributed by atoms with Gasteiger partial charge in [0.1, 0.15) is 6.33 Å². The monoisotopic (exact) mass is 335 g/mol. The van der Waals surface area contributed by atoms with E-state index in [1.165, 1.54) is 11.0 Å². The zero-order chi connectivity index (χ0) is 16.6. The molecule has 3 rings (SSSR count). The van der Waals surface area contributed by atoms with E-state index in [0.29, 0.717) is 29.8 Å². The predicted molar refractivity (Wildman–Crippen MR) is 85.6 cm³/mol. The highest BCUT2D eigenvalue weighted by atomic mass is 32.2. The number of piperidine rings is 1. The molecule has 2 aromatic rings. The van der Waals surface area contributed by atoms with Crippen molar-refractivity contribution in [3.63, 3.8) is 0 Å². The number of aromatic nitrogens is 4. The van der Waals surface area contributed by atoms with E-state index in [1.807, 2.05) is 6.92 Å². The molecule has 0 saturated carbocycles. The Balaban J connectivity index is 1.93.